The number of amides is 1. The Morgan fingerprint density at radius 3 is 2.72 bits per heavy atom. The van der Waals surface area contributed by atoms with Gasteiger partial charge in [-0.05, 0) is 45.1 Å². The molecule has 0 atom stereocenters. The highest BCUT2D eigenvalue weighted by atomic mass is 16.5. The molecule has 1 aliphatic rings. The molecule has 1 aliphatic heterocycles. The molecule has 0 unspecified atom stereocenters. The second-order valence-corrected chi connectivity index (χ2v) is 6.32. The fraction of sp³-hybridized carbons (Fsp3) is 0.389. The van der Waals surface area contributed by atoms with Gasteiger partial charge in [-0.1, -0.05) is 12.1 Å². The number of aromatic nitrogens is 2. The Labute approximate surface area is 147 Å². The van der Waals surface area contributed by atoms with Crippen LogP contribution in [0, 0.1) is 0 Å². The minimum Gasteiger partial charge on any atom is -0.438 e. The lowest BCUT2D eigenvalue weighted by Gasteiger charge is -2.35. The average Bonchev–Trinajstić information content (AvgIpc) is 2.62. The molecule has 1 aromatic carbocycles. The maximum Gasteiger partial charge on any atom is 0.252 e. The summed E-state index contributed by atoms with van der Waals surface area (Å²) in [7, 11) is 4.18. The molecular weight excluding hydrogens is 318 g/mol. The number of piperidine rings is 1. The molecule has 0 spiro atoms. The number of carbonyl (C=O) groups excluding carboxylic acids is 1. The zero-order valence-corrected chi connectivity index (χ0v) is 14.6. The van der Waals surface area contributed by atoms with Crippen LogP contribution in [-0.2, 0) is 0 Å². The van der Waals surface area contributed by atoms with Crippen molar-refractivity contribution in [2.75, 3.05) is 32.1 Å². The highest BCUT2D eigenvalue weighted by Gasteiger charge is 2.22. The van der Waals surface area contributed by atoms with Gasteiger partial charge < -0.3 is 20.3 Å². The van der Waals surface area contributed by atoms with Gasteiger partial charge in [0.05, 0.1) is 5.56 Å². The molecule has 7 nitrogen and oxygen atoms in total. The summed E-state index contributed by atoms with van der Waals surface area (Å²) in [4.78, 5) is 24.5. The van der Waals surface area contributed by atoms with Crippen LogP contribution in [0.15, 0.2) is 36.7 Å². The zero-order valence-electron chi connectivity index (χ0n) is 14.6. The van der Waals surface area contributed by atoms with Crippen molar-refractivity contribution in [2.45, 2.75) is 18.9 Å². The molecule has 7 heteroatoms. The van der Waals surface area contributed by atoms with Crippen LogP contribution < -0.4 is 15.4 Å². The highest BCUT2D eigenvalue weighted by molar-refractivity contribution is 5.95. The van der Waals surface area contributed by atoms with E-state index in [9.17, 15) is 4.79 Å². The Kier molecular flexibility index (Phi) is 5.14. The van der Waals surface area contributed by atoms with Crippen molar-refractivity contribution < 1.29 is 9.53 Å². The van der Waals surface area contributed by atoms with Gasteiger partial charge in [-0.3, -0.25) is 4.79 Å². The fourth-order valence-corrected chi connectivity index (χ4v) is 3.02. The van der Waals surface area contributed by atoms with E-state index in [-0.39, 0.29) is 0 Å². The van der Waals surface area contributed by atoms with Gasteiger partial charge in [-0.2, -0.15) is 0 Å². The second kappa shape index (κ2) is 7.48. The number of primary amides is 1. The Bertz CT molecular complexity index is 744. The summed E-state index contributed by atoms with van der Waals surface area (Å²) < 4.78 is 5.78. The Morgan fingerprint density at radius 1 is 1.28 bits per heavy atom. The topological polar surface area (TPSA) is 84.6 Å². The molecule has 1 aromatic heterocycles. The van der Waals surface area contributed by atoms with Gasteiger partial charge >= 0.3 is 0 Å². The number of benzene rings is 1. The SMILES string of the molecule is CN1CCC(N(C)c2cc(Oc3ccccc3C(N)=O)ncn2)CC1. The number of ether oxygens (including phenoxy) is 1. The average molecular weight is 341 g/mol. The van der Waals surface area contributed by atoms with Crippen LogP contribution in [0.25, 0.3) is 0 Å². The van der Waals surface area contributed by atoms with Crippen LogP contribution in [0.1, 0.15) is 23.2 Å². The van der Waals surface area contributed by atoms with Crippen LogP contribution in [-0.4, -0.2) is 54.0 Å². The molecule has 1 fully saturated rings. The summed E-state index contributed by atoms with van der Waals surface area (Å²) in [6.07, 6.45) is 3.67. The molecule has 25 heavy (non-hydrogen) atoms. The van der Waals surface area contributed by atoms with Crippen LogP contribution in [0.4, 0.5) is 5.82 Å². The molecule has 2 heterocycles. The number of para-hydroxylation sites is 1. The standard InChI is InChI=1S/C18H23N5O2/c1-22-9-7-13(8-10-22)23(2)16-11-17(21-12-20-16)25-15-6-4-3-5-14(15)18(19)24/h3-6,11-13H,7-10H2,1-2H3,(H2,19,24). The number of nitrogens with two attached hydrogens (primary N) is 1. The molecule has 132 valence electrons. The van der Waals surface area contributed by atoms with Crippen molar-refractivity contribution in [2.24, 2.45) is 5.73 Å². The lowest BCUT2D eigenvalue weighted by atomic mass is 10.0. The zero-order chi connectivity index (χ0) is 17.8. The minimum absolute atomic E-state index is 0.325. The molecule has 0 radical (unpaired) electrons. The molecule has 1 amide bonds. The first-order chi connectivity index (χ1) is 12.0. The van der Waals surface area contributed by atoms with Crippen LogP contribution in [0.3, 0.4) is 0 Å². The van der Waals surface area contributed by atoms with Crippen LogP contribution >= 0.6 is 0 Å². The van der Waals surface area contributed by atoms with Crippen molar-refractivity contribution in [3.63, 3.8) is 0 Å². The van der Waals surface area contributed by atoms with E-state index in [1.54, 1.807) is 30.3 Å². The number of hydrogen-bond donors (Lipinski definition) is 1. The Morgan fingerprint density at radius 2 is 2.00 bits per heavy atom. The van der Waals surface area contributed by atoms with Gasteiger partial charge in [0.25, 0.3) is 5.91 Å². The predicted molar refractivity (Wildman–Crippen MR) is 96.0 cm³/mol. The highest BCUT2D eigenvalue weighted by Crippen LogP contribution is 2.26. The summed E-state index contributed by atoms with van der Waals surface area (Å²) in [5.74, 6) is 1.05. The van der Waals surface area contributed by atoms with Crippen LogP contribution in [0.2, 0.25) is 0 Å². The van der Waals surface area contributed by atoms with Crippen LogP contribution in [0.5, 0.6) is 11.6 Å². The van der Waals surface area contributed by atoms with E-state index < -0.39 is 5.91 Å². The monoisotopic (exact) mass is 341 g/mol. The summed E-state index contributed by atoms with van der Waals surface area (Å²) in [6.45, 7) is 2.16. The normalized spacial score (nSPS) is 15.8. The van der Waals surface area contributed by atoms with Crippen molar-refractivity contribution in [3.8, 4) is 11.6 Å². The molecule has 3 rings (SSSR count). The van der Waals surface area contributed by atoms with Gasteiger partial charge in [0.1, 0.15) is 17.9 Å². The van der Waals surface area contributed by atoms with Gasteiger partial charge in [-0.15, -0.1) is 0 Å². The number of hydrogen-bond acceptors (Lipinski definition) is 6. The Hall–Kier alpha value is -2.67. The van der Waals surface area contributed by atoms with E-state index in [4.69, 9.17) is 10.5 Å². The van der Waals surface area contributed by atoms with Gasteiger partial charge in [0.2, 0.25) is 5.88 Å². The van der Waals surface area contributed by atoms with E-state index in [1.807, 2.05) is 7.05 Å². The molecule has 1 saturated heterocycles. The van der Waals surface area contributed by atoms with Gasteiger partial charge in [0, 0.05) is 19.2 Å². The summed E-state index contributed by atoms with van der Waals surface area (Å²) in [5, 5.41) is 0. The predicted octanol–water partition coefficient (Wildman–Crippen LogP) is 1.90. The number of nitrogens with zero attached hydrogens (tertiary/aromatic N) is 4. The van der Waals surface area contributed by atoms with Crippen molar-refractivity contribution in [1.29, 1.82) is 0 Å². The first-order valence-electron chi connectivity index (χ1n) is 8.34. The lowest BCUT2D eigenvalue weighted by Crippen LogP contribution is -2.42. The van der Waals surface area contributed by atoms with Crippen molar-refractivity contribution in [3.05, 3.63) is 42.2 Å². The largest absolute Gasteiger partial charge is 0.438 e. The van der Waals surface area contributed by atoms with Gasteiger partial charge in [0.15, 0.2) is 0 Å². The molecule has 0 bridgehead atoms. The summed E-state index contributed by atoms with van der Waals surface area (Å²) >= 11 is 0. The number of carbonyl (C=O) groups is 1. The Balaban J connectivity index is 1.77. The number of rotatable bonds is 5. The smallest absolute Gasteiger partial charge is 0.252 e. The molecular formula is C18H23N5O2. The first kappa shape index (κ1) is 17.2. The third-order valence-corrected chi connectivity index (χ3v) is 4.59. The van der Waals surface area contributed by atoms with E-state index in [0.717, 1.165) is 31.7 Å². The van der Waals surface area contributed by atoms with Crippen molar-refractivity contribution in [1.82, 2.24) is 14.9 Å². The molecule has 0 saturated carbocycles. The molecule has 2 N–H and O–H groups in total. The quantitative estimate of drug-likeness (QED) is 0.894. The van der Waals surface area contributed by atoms with Gasteiger partial charge in [-0.25, -0.2) is 9.97 Å². The fourth-order valence-electron chi connectivity index (χ4n) is 3.02. The second-order valence-electron chi connectivity index (χ2n) is 6.32. The van der Waals surface area contributed by atoms with Crippen molar-refractivity contribution >= 4 is 11.7 Å². The summed E-state index contributed by atoms with van der Waals surface area (Å²) in [5.41, 5.74) is 5.72. The number of likely N-dealkylation sites (tertiary alicyclic amines) is 1. The van der Waals surface area contributed by atoms with E-state index >= 15 is 0 Å². The molecule has 2 aromatic rings. The van der Waals surface area contributed by atoms with E-state index in [0.29, 0.717) is 23.2 Å². The van der Waals surface area contributed by atoms with E-state index in [2.05, 4.69) is 26.8 Å². The lowest BCUT2D eigenvalue weighted by molar-refractivity contribution is 0.0998. The third kappa shape index (κ3) is 4.06. The first-order valence-corrected chi connectivity index (χ1v) is 8.34. The molecule has 0 aliphatic carbocycles. The summed E-state index contributed by atoms with van der Waals surface area (Å²) in [6, 6.07) is 9.08. The third-order valence-electron chi connectivity index (χ3n) is 4.59. The maximum atomic E-state index is 11.5. The van der Waals surface area contributed by atoms with E-state index in [1.165, 1.54) is 6.33 Å². The maximum absolute atomic E-state index is 11.5. The minimum atomic E-state index is -0.534. The number of anilines is 1.